The van der Waals surface area contributed by atoms with Gasteiger partial charge in [0.25, 0.3) is 0 Å². The van der Waals surface area contributed by atoms with Crippen LogP contribution in [0.5, 0.6) is 0 Å². The lowest BCUT2D eigenvalue weighted by molar-refractivity contribution is 0.504. The topological polar surface area (TPSA) is 29.3 Å². The van der Waals surface area contributed by atoms with Crippen molar-refractivity contribution in [1.82, 2.24) is 0 Å². The normalized spacial score (nSPS) is 12.9. The minimum atomic E-state index is 0.568. The van der Waals surface area contributed by atoms with Crippen molar-refractivity contribution in [3.05, 3.63) is 29.3 Å². The highest BCUT2D eigenvalue weighted by atomic mass is 15.1. The molecule has 17 heavy (non-hydrogen) atoms. The third-order valence-corrected chi connectivity index (χ3v) is 3.43. The number of rotatable bonds is 5. The van der Waals surface area contributed by atoms with E-state index in [2.05, 4.69) is 57.8 Å². The first kappa shape index (κ1) is 14.0. The van der Waals surface area contributed by atoms with Gasteiger partial charge in [-0.1, -0.05) is 19.9 Å². The van der Waals surface area contributed by atoms with E-state index in [1.54, 1.807) is 0 Å². The van der Waals surface area contributed by atoms with Crippen molar-refractivity contribution in [2.45, 2.75) is 46.7 Å². The molecule has 0 aliphatic carbocycles. The zero-order valence-corrected chi connectivity index (χ0v) is 11.8. The first-order valence-electron chi connectivity index (χ1n) is 6.48. The second-order valence-electron chi connectivity index (χ2n) is 5.40. The summed E-state index contributed by atoms with van der Waals surface area (Å²) in [5.41, 5.74) is 9.49. The van der Waals surface area contributed by atoms with Gasteiger partial charge in [0.2, 0.25) is 0 Å². The van der Waals surface area contributed by atoms with Crippen molar-refractivity contribution in [3.63, 3.8) is 0 Å². The van der Waals surface area contributed by atoms with E-state index in [0.717, 1.165) is 5.92 Å². The second kappa shape index (κ2) is 6.06. The molecule has 0 radical (unpaired) electrons. The molecule has 1 atom stereocenters. The van der Waals surface area contributed by atoms with E-state index >= 15 is 0 Å². The maximum Gasteiger partial charge on any atom is 0.0368 e. The Kier molecular flexibility index (Phi) is 5.01. The summed E-state index contributed by atoms with van der Waals surface area (Å²) in [7, 11) is 2.17. The van der Waals surface area contributed by atoms with Gasteiger partial charge < -0.3 is 10.6 Å². The van der Waals surface area contributed by atoms with Gasteiger partial charge in [0.05, 0.1) is 0 Å². The fourth-order valence-electron chi connectivity index (χ4n) is 2.22. The summed E-state index contributed by atoms with van der Waals surface area (Å²) in [6, 6.07) is 7.12. The van der Waals surface area contributed by atoms with Gasteiger partial charge in [-0.15, -0.1) is 0 Å². The van der Waals surface area contributed by atoms with Crippen LogP contribution in [0.15, 0.2) is 18.2 Å². The van der Waals surface area contributed by atoms with Crippen LogP contribution in [0.4, 0.5) is 5.69 Å². The molecule has 2 N–H and O–H groups in total. The number of hydrogen-bond donors (Lipinski definition) is 1. The zero-order valence-electron chi connectivity index (χ0n) is 11.8. The molecule has 0 aliphatic heterocycles. The van der Waals surface area contributed by atoms with E-state index < -0.39 is 0 Å². The molecule has 2 heteroatoms. The fourth-order valence-corrected chi connectivity index (χ4v) is 2.22. The third kappa shape index (κ3) is 3.74. The van der Waals surface area contributed by atoms with E-state index in [4.69, 9.17) is 5.73 Å². The fraction of sp³-hybridized carbons (Fsp3) is 0.600. The van der Waals surface area contributed by atoms with Crippen molar-refractivity contribution in [2.75, 3.05) is 11.9 Å². The standard InChI is InChI=1S/C15H26N2/c1-11(2)8-13(4)17(5)15-7-6-14(10-16)12(3)9-15/h6-7,9,11,13H,8,10,16H2,1-5H3. The first-order chi connectivity index (χ1) is 7.95. The zero-order chi connectivity index (χ0) is 13.0. The average molecular weight is 234 g/mol. The van der Waals surface area contributed by atoms with Crippen LogP contribution >= 0.6 is 0 Å². The number of benzene rings is 1. The van der Waals surface area contributed by atoms with Gasteiger partial charge in [0.15, 0.2) is 0 Å². The first-order valence-corrected chi connectivity index (χ1v) is 6.48. The van der Waals surface area contributed by atoms with E-state index in [1.165, 1.54) is 23.2 Å². The third-order valence-electron chi connectivity index (χ3n) is 3.43. The Morgan fingerprint density at radius 1 is 1.24 bits per heavy atom. The quantitative estimate of drug-likeness (QED) is 0.846. The summed E-state index contributed by atoms with van der Waals surface area (Å²) in [6.45, 7) is 9.58. The van der Waals surface area contributed by atoms with Crippen LogP contribution in [0.2, 0.25) is 0 Å². The molecule has 0 aliphatic rings. The van der Waals surface area contributed by atoms with Gasteiger partial charge in [-0.25, -0.2) is 0 Å². The molecule has 0 bridgehead atoms. The molecule has 1 aromatic carbocycles. The lowest BCUT2D eigenvalue weighted by Gasteiger charge is -2.29. The smallest absolute Gasteiger partial charge is 0.0368 e. The van der Waals surface area contributed by atoms with Crippen molar-refractivity contribution in [2.24, 2.45) is 11.7 Å². The van der Waals surface area contributed by atoms with Crippen LogP contribution in [-0.4, -0.2) is 13.1 Å². The van der Waals surface area contributed by atoms with Gasteiger partial charge in [0, 0.05) is 25.3 Å². The number of anilines is 1. The van der Waals surface area contributed by atoms with Crippen LogP contribution < -0.4 is 10.6 Å². The molecule has 0 saturated carbocycles. The number of hydrogen-bond acceptors (Lipinski definition) is 2. The van der Waals surface area contributed by atoms with Gasteiger partial charge in [-0.2, -0.15) is 0 Å². The summed E-state index contributed by atoms with van der Waals surface area (Å²) in [5, 5.41) is 0. The van der Waals surface area contributed by atoms with Crippen molar-refractivity contribution < 1.29 is 0 Å². The van der Waals surface area contributed by atoms with E-state index in [-0.39, 0.29) is 0 Å². The monoisotopic (exact) mass is 234 g/mol. The molecule has 1 unspecified atom stereocenters. The Balaban J connectivity index is 2.82. The highest BCUT2D eigenvalue weighted by Gasteiger charge is 2.12. The van der Waals surface area contributed by atoms with Crippen LogP contribution in [0.1, 0.15) is 38.3 Å². The lowest BCUT2D eigenvalue weighted by atomic mass is 10.0. The highest BCUT2D eigenvalue weighted by molar-refractivity contribution is 5.50. The molecule has 1 rings (SSSR count). The largest absolute Gasteiger partial charge is 0.372 e. The molecule has 0 spiro atoms. The van der Waals surface area contributed by atoms with Crippen LogP contribution in [0.25, 0.3) is 0 Å². The molecule has 0 aromatic heterocycles. The van der Waals surface area contributed by atoms with E-state index in [1.807, 2.05) is 0 Å². The van der Waals surface area contributed by atoms with Gasteiger partial charge >= 0.3 is 0 Å². The Labute approximate surface area is 106 Å². The molecule has 1 aromatic rings. The molecular formula is C15H26N2. The summed E-state index contributed by atoms with van der Waals surface area (Å²) in [5.74, 6) is 0.733. The molecule has 0 amide bonds. The van der Waals surface area contributed by atoms with Gasteiger partial charge in [-0.05, 0) is 49.4 Å². The Bertz CT molecular complexity index is 358. The van der Waals surface area contributed by atoms with Gasteiger partial charge in [-0.3, -0.25) is 0 Å². The number of aryl methyl sites for hydroxylation is 1. The molecule has 0 heterocycles. The maximum atomic E-state index is 5.69. The van der Waals surface area contributed by atoms with Crippen LogP contribution in [0, 0.1) is 12.8 Å². The molecule has 0 saturated heterocycles. The SMILES string of the molecule is Cc1cc(N(C)C(C)CC(C)C)ccc1CN. The van der Waals surface area contributed by atoms with Crippen molar-refractivity contribution in [1.29, 1.82) is 0 Å². The Morgan fingerprint density at radius 2 is 1.88 bits per heavy atom. The predicted octanol–water partition coefficient (Wildman–Crippen LogP) is 3.32. The second-order valence-corrected chi connectivity index (χ2v) is 5.40. The summed E-state index contributed by atoms with van der Waals surface area (Å²) in [4.78, 5) is 2.35. The average Bonchev–Trinajstić information content (AvgIpc) is 2.27. The van der Waals surface area contributed by atoms with Crippen molar-refractivity contribution >= 4 is 5.69 Å². The molecule has 96 valence electrons. The van der Waals surface area contributed by atoms with E-state index in [9.17, 15) is 0 Å². The summed E-state index contributed by atoms with van der Waals surface area (Å²) < 4.78 is 0. The lowest BCUT2D eigenvalue weighted by Crippen LogP contribution is -2.30. The number of nitrogens with zero attached hydrogens (tertiary/aromatic N) is 1. The molecule has 2 nitrogen and oxygen atoms in total. The highest BCUT2D eigenvalue weighted by Crippen LogP contribution is 2.22. The summed E-state index contributed by atoms with van der Waals surface area (Å²) >= 11 is 0. The molecule has 0 fully saturated rings. The van der Waals surface area contributed by atoms with Crippen molar-refractivity contribution in [3.8, 4) is 0 Å². The Hall–Kier alpha value is -1.02. The Morgan fingerprint density at radius 3 is 2.35 bits per heavy atom. The van der Waals surface area contributed by atoms with Gasteiger partial charge in [0.1, 0.15) is 0 Å². The van der Waals surface area contributed by atoms with Crippen LogP contribution in [-0.2, 0) is 6.54 Å². The number of nitrogens with two attached hydrogens (primary N) is 1. The predicted molar refractivity (Wildman–Crippen MR) is 76.4 cm³/mol. The molecular weight excluding hydrogens is 208 g/mol. The maximum absolute atomic E-state index is 5.69. The minimum Gasteiger partial charge on any atom is -0.372 e. The summed E-state index contributed by atoms with van der Waals surface area (Å²) in [6.07, 6.45) is 1.22. The van der Waals surface area contributed by atoms with E-state index in [0.29, 0.717) is 12.6 Å². The minimum absolute atomic E-state index is 0.568. The van der Waals surface area contributed by atoms with Crippen LogP contribution in [0.3, 0.4) is 0 Å².